The number of thiazole rings is 1. The van der Waals surface area contributed by atoms with Gasteiger partial charge in [-0.05, 0) is 24.1 Å². The van der Waals surface area contributed by atoms with E-state index in [1.807, 2.05) is 42.5 Å². The molecule has 0 aliphatic carbocycles. The number of anilines is 2. The van der Waals surface area contributed by atoms with E-state index < -0.39 is 0 Å². The molecule has 4 rings (SSSR count). The first-order valence-corrected chi connectivity index (χ1v) is 10.5. The molecule has 0 radical (unpaired) electrons. The molecule has 0 aliphatic rings. The van der Waals surface area contributed by atoms with Crippen LogP contribution in [0.5, 0.6) is 0 Å². The van der Waals surface area contributed by atoms with Crippen molar-refractivity contribution >= 4 is 50.3 Å². The summed E-state index contributed by atoms with van der Waals surface area (Å²) in [6, 6.07) is 18.0. The fraction of sp³-hybridized carbons (Fsp3) is 0.158. The Bertz CT molecular complexity index is 1060. The van der Waals surface area contributed by atoms with E-state index in [9.17, 15) is 4.79 Å². The molecule has 2 heterocycles. The SMILES string of the molecule is Nc1nnc(SCCc2ccccc2)n1CC(=O)Nc1nc2ccccc2s1. The molecule has 2 aromatic heterocycles. The summed E-state index contributed by atoms with van der Waals surface area (Å²) < 4.78 is 2.65. The topological polar surface area (TPSA) is 98.7 Å². The van der Waals surface area contributed by atoms with E-state index in [4.69, 9.17) is 5.73 Å². The summed E-state index contributed by atoms with van der Waals surface area (Å²) in [6.45, 7) is 0.0441. The molecule has 9 heteroatoms. The van der Waals surface area contributed by atoms with Gasteiger partial charge in [0.25, 0.3) is 0 Å². The van der Waals surface area contributed by atoms with Crippen LogP contribution in [-0.2, 0) is 17.8 Å². The third-order valence-electron chi connectivity index (χ3n) is 4.05. The Kier molecular flexibility index (Phi) is 5.54. The highest BCUT2D eigenvalue weighted by molar-refractivity contribution is 7.99. The minimum atomic E-state index is -0.213. The number of carbonyl (C=O) groups is 1. The van der Waals surface area contributed by atoms with Crippen molar-refractivity contribution in [1.82, 2.24) is 19.7 Å². The second-order valence-electron chi connectivity index (χ2n) is 6.05. The first kappa shape index (κ1) is 18.5. The number of carbonyl (C=O) groups excluding carboxylic acids is 1. The number of nitrogen functional groups attached to an aromatic ring is 1. The molecular formula is C19H18N6OS2. The van der Waals surface area contributed by atoms with Gasteiger partial charge in [-0.25, -0.2) is 4.98 Å². The second-order valence-corrected chi connectivity index (χ2v) is 8.14. The summed E-state index contributed by atoms with van der Waals surface area (Å²) in [4.78, 5) is 16.9. The molecule has 0 fully saturated rings. The zero-order chi connectivity index (χ0) is 19.3. The highest BCUT2D eigenvalue weighted by atomic mass is 32.2. The number of para-hydroxylation sites is 1. The summed E-state index contributed by atoms with van der Waals surface area (Å²) in [7, 11) is 0. The standard InChI is InChI=1S/C19H18N6OS2/c20-17-23-24-19(27-11-10-13-6-2-1-3-7-13)25(17)12-16(26)22-18-21-14-8-4-5-9-15(14)28-18/h1-9H,10-12H2,(H2,20,23)(H,21,22,26). The average molecular weight is 411 g/mol. The Morgan fingerprint density at radius 1 is 1.11 bits per heavy atom. The van der Waals surface area contributed by atoms with Crippen molar-refractivity contribution in [2.75, 3.05) is 16.8 Å². The number of hydrogen-bond acceptors (Lipinski definition) is 7. The maximum absolute atomic E-state index is 12.5. The van der Waals surface area contributed by atoms with Crippen molar-refractivity contribution in [3.05, 3.63) is 60.2 Å². The summed E-state index contributed by atoms with van der Waals surface area (Å²) in [5.74, 6) is 0.832. The van der Waals surface area contributed by atoms with E-state index in [1.54, 1.807) is 4.57 Å². The maximum atomic E-state index is 12.5. The van der Waals surface area contributed by atoms with Crippen LogP contribution in [0.15, 0.2) is 59.8 Å². The van der Waals surface area contributed by atoms with E-state index in [0.29, 0.717) is 10.3 Å². The van der Waals surface area contributed by atoms with Gasteiger partial charge in [-0.1, -0.05) is 65.6 Å². The Hall–Kier alpha value is -2.91. The number of aryl methyl sites for hydroxylation is 1. The van der Waals surface area contributed by atoms with Crippen LogP contribution >= 0.6 is 23.1 Å². The molecule has 28 heavy (non-hydrogen) atoms. The average Bonchev–Trinajstić information content (AvgIpc) is 3.26. The summed E-state index contributed by atoms with van der Waals surface area (Å²) in [5, 5.41) is 12.0. The predicted octanol–water partition coefficient (Wildman–Crippen LogP) is 3.44. The Balaban J connectivity index is 1.38. The van der Waals surface area contributed by atoms with E-state index in [1.165, 1.54) is 28.7 Å². The molecule has 0 bridgehead atoms. The number of nitrogens with zero attached hydrogens (tertiary/aromatic N) is 4. The number of rotatable bonds is 7. The van der Waals surface area contributed by atoms with Gasteiger partial charge in [0.15, 0.2) is 10.3 Å². The number of hydrogen-bond donors (Lipinski definition) is 2. The van der Waals surface area contributed by atoms with E-state index in [2.05, 4.69) is 32.6 Å². The molecule has 2 aromatic carbocycles. The lowest BCUT2D eigenvalue weighted by Crippen LogP contribution is -2.20. The number of nitrogens with two attached hydrogens (primary N) is 1. The van der Waals surface area contributed by atoms with Gasteiger partial charge in [0, 0.05) is 5.75 Å². The predicted molar refractivity (Wildman–Crippen MR) is 114 cm³/mol. The van der Waals surface area contributed by atoms with Gasteiger partial charge in [-0.2, -0.15) is 0 Å². The quantitative estimate of drug-likeness (QED) is 0.453. The Morgan fingerprint density at radius 3 is 2.71 bits per heavy atom. The maximum Gasteiger partial charge on any atom is 0.246 e. The summed E-state index contributed by atoms with van der Waals surface area (Å²) in [5.41, 5.74) is 8.03. The number of fused-ring (bicyclic) bond motifs is 1. The van der Waals surface area contributed by atoms with Gasteiger partial charge < -0.3 is 11.1 Å². The monoisotopic (exact) mass is 410 g/mol. The second kappa shape index (κ2) is 8.41. The van der Waals surface area contributed by atoms with Gasteiger partial charge in [0.1, 0.15) is 6.54 Å². The van der Waals surface area contributed by atoms with Crippen LogP contribution in [0.2, 0.25) is 0 Å². The van der Waals surface area contributed by atoms with E-state index in [-0.39, 0.29) is 18.4 Å². The Labute approximate surface area is 170 Å². The molecule has 0 saturated carbocycles. The lowest BCUT2D eigenvalue weighted by molar-refractivity contribution is -0.116. The third kappa shape index (κ3) is 4.32. The minimum absolute atomic E-state index is 0.0441. The number of benzene rings is 2. The van der Waals surface area contributed by atoms with Crippen LogP contribution in [0.25, 0.3) is 10.2 Å². The van der Waals surface area contributed by atoms with Crippen molar-refractivity contribution < 1.29 is 4.79 Å². The number of aromatic nitrogens is 4. The van der Waals surface area contributed by atoms with Crippen LogP contribution in [0.4, 0.5) is 11.1 Å². The van der Waals surface area contributed by atoms with Crippen molar-refractivity contribution in [2.24, 2.45) is 0 Å². The van der Waals surface area contributed by atoms with Crippen LogP contribution in [0.3, 0.4) is 0 Å². The van der Waals surface area contributed by atoms with Gasteiger partial charge in [-0.15, -0.1) is 10.2 Å². The lowest BCUT2D eigenvalue weighted by atomic mass is 10.2. The number of amides is 1. The van der Waals surface area contributed by atoms with Crippen molar-refractivity contribution in [3.8, 4) is 0 Å². The highest BCUT2D eigenvalue weighted by Crippen LogP contribution is 2.25. The van der Waals surface area contributed by atoms with Crippen LogP contribution in [-0.4, -0.2) is 31.4 Å². The Morgan fingerprint density at radius 2 is 1.89 bits per heavy atom. The highest BCUT2D eigenvalue weighted by Gasteiger charge is 2.15. The van der Waals surface area contributed by atoms with Gasteiger partial charge in [-0.3, -0.25) is 9.36 Å². The van der Waals surface area contributed by atoms with Crippen molar-refractivity contribution in [1.29, 1.82) is 0 Å². The van der Waals surface area contributed by atoms with Crippen LogP contribution < -0.4 is 11.1 Å². The molecule has 0 unspecified atom stereocenters. The molecule has 4 aromatic rings. The zero-order valence-electron chi connectivity index (χ0n) is 14.9. The number of nitrogens with one attached hydrogen (secondary N) is 1. The van der Waals surface area contributed by atoms with Crippen LogP contribution in [0, 0.1) is 0 Å². The molecule has 1 amide bonds. The van der Waals surface area contributed by atoms with Gasteiger partial charge in [0.2, 0.25) is 11.9 Å². The van der Waals surface area contributed by atoms with E-state index in [0.717, 1.165) is 22.4 Å². The smallest absolute Gasteiger partial charge is 0.246 e. The normalized spacial score (nSPS) is 11.0. The van der Waals surface area contributed by atoms with Gasteiger partial charge in [0.05, 0.1) is 10.2 Å². The molecular weight excluding hydrogens is 392 g/mol. The summed E-state index contributed by atoms with van der Waals surface area (Å²) in [6.07, 6.45) is 0.899. The van der Waals surface area contributed by atoms with E-state index >= 15 is 0 Å². The largest absolute Gasteiger partial charge is 0.368 e. The molecule has 3 N–H and O–H groups in total. The van der Waals surface area contributed by atoms with Crippen molar-refractivity contribution in [2.45, 2.75) is 18.1 Å². The number of thioether (sulfide) groups is 1. The van der Waals surface area contributed by atoms with Gasteiger partial charge >= 0.3 is 0 Å². The minimum Gasteiger partial charge on any atom is -0.368 e. The molecule has 7 nitrogen and oxygen atoms in total. The molecule has 142 valence electrons. The lowest BCUT2D eigenvalue weighted by Gasteiger charge is -2.07. The fourth-order valence-electron chi connectivity index (χ4n) is 2.69. The molecule has 0 saturated heterocycles. The molecule has 0 aliphatic heterocycles. The summed E-state index contributed by atoms with van der Waals surface area (Å²) >= 11 is 2.97. The fourth-order valence-corrected chi connectivity index (χ4v) is 4.50. The first-order valence-electron chi connectivity index (χ1n) is 8.70. The first-order chi connectivity index (χ1) is 13.7. The molecule has 0 atom stereocenters. The third-order valence-corrected chi connectivity index (χ3v) is 5.97. The zero-order valence-corrected chi connectivity index (χ0v) is 16.5. The van der Waals surface area contributed by atoms with Crippen molar-refractivity contribution in [3.63, 3.8) is 0 Å². The van der Waals surface area contributed by atoms with Crippen LogP contribution in [0.1, 0.15) is 5.56 Å². The molecule has 0 spiro atoms.